The van der Waals surface area contributed by atoms with Crippen molar-refractivity contribution in [3.05, 3.63) is 0 Å². The Balaban J connectivity index is 0.00000169. The van der Waals surface area contributed by atoms with E-state index in [1.165, 1.54) is 19.3 Å². The third-order valence-electron chi connectivity index (χ3n) is 2.78. The topological polar surface area (TPSA) is 41.1 Å². The first-order chi connectivity index (χ1) is 6.24. The highest BCUT2D eigenvalue weighted by atomic mass is 35.5. The van der Waals surface area contributed by atoms with E-state index in [-0.39, 0.29) is 24.4 Å². The standard InChI is InChI=1S/C10H20N2O.ClH/c1-8(11-2)10(13)12-9-6-4-3-5-7-9;/h8-9,11H,3-7H2,1-2H3,(H,12,13);1H/t8-;/m0./s1. The molecule has 0 bridgehead atoms. The van der Waals surface area contributed by atoms with Gasteiger partial charge in [-0.25, -0.2) is 0 Å². The monoisotopic (exact) mass is 220 g/mol. The Kier molecular flexibility index (Phi) is 6.93. The summed E-state index contributed by atoms with van der Waals surface area (Å²) in [5.41, 5.74) is 0. The molecule has 0 aliphatic heterocycles. The molecule has 3 nitrogen and oxygen atoms in total. The molecule has 1 amide bonds. The van der Waals surface area contributed by atoms with Crippen LogP contribution < -0.4 is 10.6 Å². The minimum atomic E-state index is -0.0677. The van der Waals surface area contributed by atoms with Crippen LogP contribution in [0, 0.1) is 0 Å². The van der Waals surface area contributed by atoms with Gasteiger partial charge < -0.3 is 10.6 Å². The normalized spacial score (nSPS) is 19.6. The summed E-state index contributed by atoms with van der Waals surface area (Å²) in [4.78, 5) is 11.5. The number of carbonyl (C=O) groups is 1. The summed E-state index contributed by atoms with van der Waals surface area (Å²) in [6.45, 7) is 1.89. The molecule has 1 atom stereocenters. The molecule has 0 aromatic carbocycles. The Morgan fingerprint density at radius 2 is 1.86 bits per heavy atom. The van der Waals surface area contributed by atoms with Crippen molar-refractivity contribution in [3.8, 4) is 0 Å². The number of rotatable bonds is 3. The Bertz CT molecular complexity index is 170. The lowest BCUT2D eigenvalue weighted by molar-refractivity contribution is -0.123. The van der Waals surface area contributed by atoms with Crippen molar-refractivity contribution in [2.45, 2.75) is 51.1 Å². The zero-order chi connectivity index (χ0) is 9.68. The molecule has 0 saturated heterocycles. The van der Waals surface area contributed by atoms with E-state index in [2.05, 4.69) is 10.6 Å². The number of hydrogen-bond donors (Lipinski definition) is 2. The van der Waals surface area contributed by atoms with Gasteiger partial charge in [-0.1, -0.05) is 19.3 Å². The molecule has 84 valence electrons. The van der Waals surface area contributed by atoms with Gasteiger partial charge in [0.25, 0.3) is 0 Å². The fraction of sp³-hybridized carbons (Fsp3) is 0.900. The van der Waals surface area contributed by atoms with Gasteiger partial charge in [-0.2, -0.15) is 0 Å². The van der Waals surface area contributed by atoms with Crippen molar-refractivity contribution in [1.82, 2.24) is 10.6 Å². The smallest absolute Gasteiger partial charge is 0.237 e. The lowest BCUT2D eigenvalue weighted by Gasteiger charge is -2.24. The SMILES string of the molecule is CN[C@@H](C)C(=O)NC1CCCCC1.Cl. The van der Waals surface area contributed by atoms with Crippen molar-refractivity contribution in [2.24, 2.45) is 0 Å². The van der Waals surface area contributed by atoms with Gasteiger partial charge >= 0.3 is 0 Å². The number of likely N-dealkylation sites (N-methyl/N-ethyl adjacent to an activating group) is 1. The molecule has 0 aromatic rings. The lowest BCUT2D eigenvalue weighted by Crippen LogP contribution is -2.45. The molecule has 1 saturated carbocycles. The van der Waals surface area contributed by atoms with Gasteiger partial charge in [0.15, 0.2) is 0 Å². The van der Waals surface area contributed by atoms with Gasteiger partial charge in [0.1, 0.15) is 0 Å². The average Bonchev–Trinajstić information content (AvgIpc) is 2.18. The Hall–Kier alpha value is -0.280. The molecule has 14 heavy (non-hydrogen) atoms. The van der Waals surface area contributed by atoms with Gasteiger partial charge in [0.2, 0.25) is 5.91 Å². The van der Waals surface area contributed by atoms with E-state index in [1.807, 2.05) is 14.0 Å². The quantitative estimate of drug-likeness (QED) is 0.757. The average molecular weight is 221 g/mol. The molecular formula is C10H21ClN2O. The summed E-state index contributed by atoms with van der Waals surface area (Å²) >= 11 is 0. The fourth-order valence-corrected chi connectivity index (χ4v) is 1.70. The molecule has 0 radical (unpaired) electrons. The molecule has 0 heterocycles. The maximum Gasteiger partial charge on any atom is 0.237 e. The summed E-state index contributed by atoms with van der Waals surface area (Å²) in [5, 5.41) is 6.01. The van der Waals surface area contributed by atoms with E-state index in [9.17, 15) is 4.79 Å². The Morgan fingerprint density at radius 1 is 1.29 bits per heavy atom. The molecule has 1 aliphatic rings. The Morgan fingerprint density at radius 3 is 2.36 bits per heavy atom. The molecule has 4 heteroatoms. The minimum Gasteiger partial charge on any atom is -0.352 e. The van der Waals surface area contributed by atoms with Crippen molar-refractivity contribution in [2.75, 3.05) is 7.05 Å². The number of amides is 1. The number of halogens is 1. The van der Waals surface area contributed by atoms with Crippen LogP contribution >= 0.6 is 12.4 Å². The predicted molar refractivity (Wildman–Crippen MR) is 60.8 cm³/mol. The van der Waals surface area contributed by atoms with Crippen LogP contribution in [0.4, 0.5) is 0 Å². The van der Waals surface area contributed by atoms with E-state index in [4.69, 9.17) is 0 Å². The molecule has 1 fully saturated rings. The number of hydrogen-bond acceptors (Lipinski definition) is 2. The highest BCUT2D eigenvalue weighted by Gasteiger charge is 2.17. The number of nitrogens with one attached hydrogen (secondary N) is 2. The van der Waals surface area contributed by atoms with Crippen LogP contribution in [0.1, 0.15) is 39.0 Å². The zero-order valence-corrected chi connectivity index (χ0v) is 9.82. The first-order valence-corrected chi connectivity index (χ1v) is 5.21. The van der Waals surface area contributed by atoms with Crippen LogP contribution in [0.5, 0.6) is 0 Å². The third kappa shape index (κ3) is 4.29. The van der Waals surface area contributed by atoms with E-state index >= 15 is 0 Å². The predicted octanol–water partition coefficient (Wildman–Crippen LogP) is 1.46. The second kappa shape index (κ2) is 7.07. The van der Waals surface area contributed by atoms with Crippen molar-refractivity contribution >= 4 is 18.3 Å². The van der Waals surface area contributed by atoms with Crippen LogP contribution in [-0.4, -0.2) is 25.0 Å². The second-order valence-corrected chi connectivity index (χ2v) is 3.85. The first kappa shape index (κ1) is 13.7. The highest BCUT2D eigenvalue weighted by molar-refractivity contribution is 5.85. The first-order valence-electron chi connectivity index (χ1n) is 5.21. The molecule has 2 N–H and O–H groups in total. The van der Waals surface area contributed by atoms with Crippen LogP contribution in [0.2, 0.25) is 0 Å². The van der Waals surface area contributed by atoms with Crippen molar-refractivity contribution < 1.29 is 4.79 Å². The summed E-state index contributed by atoms with van der Waals surface area (Å²) in [7, 11) is 1.81. The van der Waals surface area contributed by atoms with Gasteiger partial charge in [-0.3, -0.25) is 4.79 Å². The molecule has 1 aliphatic carbocycles. The minimum absolute atomic E-state index is 0. The summed E-state index contributed by atoms with van der Waals surface area (Å²) < 4.78 is 0. The van der Waals surface area contributed by atoms with Crippen LogP contribution in [-0.2, 0) is 4.79 Å². The Labute approximate surface area is 92.4 Å². The third-order valence-corrected chi connectivity index (χ3v) is 2.78. The summed E-state index contributed by atoms with van der Waals surface area (Å²) in [5.74, 6) is 0.134. The molecule has 0 aromatic heterocycles. The van der Waals surface area contributed by atoms with Gasteiger partial charge in [0.05, 0.1) is 6.04 Å². The van der Waals surface area contributed by atoms with Crippen molar-refractivity contribution in [3.63, 3.8) is 0 Å². The highest BCUT2D eigenvalue weighted by Crippen LogP contribution is 2.17. The summed E-state index contributed by atoms with van der Waals surface area (Å²) in [6, 6.07) is 0.360. The maximum atomic E-state index is 11.5. The van der Waals surface area contributed by atoms with E-state index in [0.29, 0.717) is 6.04 Å². The van der Waals surface area contributed by atoms with E-state index < -0.39 is 0 Å². The molecule has 0 unspecified atom stereocenters. The van der Waals surface area contributed by atoms with Crippen LogP contribution in [0.25, 0.3) is 0 Å². The second-order valence-electron chi connectivity index (χ2n) is 3.85. The van der Waals surface area contributed by atoms with Crippen molar-refractivity contribution in [1.29, 1.82) is 0 Å². The van der Waals surface area contributed by atoms with Gasteiger partial charge in [-0.15, -0.1) is 12.4 Å². The summed E-state index contributed by atoms with van der Waals surface area (Å²) in [6.07, 6.45) is 6.16. The molecule has 1 rings (SSSR count). The molecular weight excluding hydrogens is 200 g/mol. The van der Waals surface area contributed by atoms with Crippen LogP contribution in [0.3, 0.4) is 0 Å². The van der Waals surface area contributed by atoms with Crippen LogP contribution in [0.15, 0.2) is 0 Å². The molecule has 0 spiro atoms. The van der Waals surface area contributed by atoms with E-state index in [1.54, 1.807) is 0 Å². The lowest BCUT2D eigenvalue weighted by atomic mass is 9.95. The van der Waals surface area contributed by atoms with Gasteiger partial charge in [-0.05, 0) is 26.8 Å². The largest absolute Gasteiger partial charge is 0.352 e. The fourth-order valence-electron chi connectivity index (χ4n) is 1.70. The maximum absolute atomic E-state index is 11.5. The van der Waals surface area contributed by atoms with E-state index in [0.717, 1.165) is 12.8 Å². The number of carbonyl (C=O) groups excluding carboxylic acids is 1. The van der Waals surface area contributed by atoms with Gasteiger partial charge in [0, 0.05) is 6.04 Å². The zero-order valence-electron chi connectivity index (χ0n) is 9.01.